The lowest BCUT2D eigenvalue weighted by Gasteiger charge is -2.21. The number of aromatic amines is 1. The second-order valence-electron chi connectivity index (χ2n) is 5.35. The summed E-state index contributed by atoms with van der Waals surface area (Å²) in [5, 5.41) is 1.79. The zero-order valence-electron chi connectivity index (χ0n) is 11.8. The van der Waals surface area contributed by atoms with Crippen LogP contribution in [0.2, 0.25) is 0 Å². The van der Waals surface area contributed by atoms with Crippen LogP contribution in [0, 0.1) is 0 Å². The fourth-order valence-corrected chi connectivity index (χ4v) is 5.74. The topological polar surface area (TPSA) is 66.1 Å². The molecule has 1 N–H and O–H groups in total. The number of hydrogen-bond donors (Lipinski definition) is 1. The van der Waals surface area contributed by atoms with Gasteiger partial charge in [0.25, 0.3) is 10.0 Å². The number of rotatable bonds is 3. The molecule has 4 rings (SSSR count). The third kappa shape index (κ3) is 2.16. The van der Waals surface area contributed by atoms with Crippen molar-refractivity contribution in [3.8, 4) is 0 Å². The van der Waals surface area contributed by atoms with E-state index in [1.165, 1.54) is 11.3 Å². The molecule has 0 spiro atoms. The maximum absolute atomic E-state index is 12.8. The summed E-state index contributed by atoms with van der Waals surface area (Å²) in [7, 11) is -3.44. The lowest BCUT2D eigenvalue weighted by molar-refractivity contribution is 0.387. The van der Waals surface area contributed by atoms with Gasteiger partial charge in [0.2, 0.25) is 0 Å². The standard InChI is InChI=1S/C15H15N3O2S2/c19-22(20,14-8-4-10-21-14)18-9-3-7-13(18)15-16-11-5-1-2-6-12(11)17-15/h1-2,4-6,8,10,13H,3,7,9H2,(H,16,17). The zero-order chi connectivity index (χ0) is 15.2. The fourth-order valence-electron chi connectivity index (χ4n) is 2.96. The number of hydrogen-bond acceptors (Lipinski definition) is 4. The normalized spacial score (nSPS) is 19.9. The van der Waals surface area contributed by atoms with Crippen molar-refractivity contribution in [2.45, 2.75) is 23.1 Å². The van der Waals surface area contributed by atoms with Gasteiger partial charge in [0.1, 0.15) is 10.0 Å². The highest BCUT2D eigenvalue weighted by atomic mass is 32.2. The highest BCUT2D eigenvalue weighted by Gasteiger charge is 2.38. The van der Waals surface area contributed by atoms with Crippen LogP contribution in [0.3, 0.4) is 0 Å². The van der Waals surface area contributed by atoms with Crippen LogP contribution in [0.1, 0.15) is 24.7 Å². The molecule has 0 radical (unpaired) electrons. The SMILES string of the molecule is O=S(=O)(c1cccs1)N1CCCC1c1nc2ccccc2[nH]1. The lowest BCUT2D eigenvalue weighted by atomic mass is 10.2. The summed E-state index contributed by atoms with van der Waals surface area (Å²) in [5.41, 5.74) is 1.82. The number of nitrogens with zero attached hydrogens (tertiary/aromatic N) is 2. The predicted molar refractivity (Wildman–Crippen MR) is 86.3 cm³/mol. The number of benzene rings is 1. The van der Waals surface area contributed by atoms with Gasteiger partial charge in [0.15, 0.2) is 0 Å². The first-order chi connectivity index (χ1) is 10.7. The smallest absolute Gasteiger partial charge is 0.253 e. The highest BCUT2D eigenvalue weighted by Crippen LogP contribution is 2.36. The van der Waals surface area contributed by atoms with E-state index in [-0.39, 0.29) is 6.04 Å². The molecule has 1 unspecified atom stereocenters. The van der Waals surface area contributed by atoms with E-state index in [0.717, 1.165) is 29.7 Å². The van der Waals surface area contributed by atoms with Crippen molar-refractivity contribution < 1.29 is 8.42 Å². The Morgan fingerprint density at radius 3 is 2.86 bits per heavy atom. The summed E-state index contributed by atoms with van der Waals surface area (Å²) in [6.45, 7) is 0.544. The Hall–Kier alpha value is -1.70. The van der Waals surface area contributed by atoms with Crippen LogP contribution >= 0.6 is 11.3 Å². The van der Waals surface area contributed by atoms with E-state index in [1.54, 1.807) is 21.8 Å². The number of thiophene rings is 1. The number of nitrogens with one attached hydrogen (secondary N) is 1. The van der Waals surface area contributed by atoms with Gasteiger partial charge in [0, 0.05) is 6.54 Å². The van der Waals surface area contributed by atoms with Crippen LogP contribution < -0.4 is 0 Å². The van der Waals surface area contributed by atoms with Gasteiger partial charge in [0.05, 0.1) is 17.1 Å². The predicted octanol–water partition coefficient (Wildman–Crippen LogP) is 3.15. The van der Waals surface area contributed by atoms with Crippen molar-refractivity contribution in [1.82, 2.24) is 14.3 Å². The molecule has 3 heterocycles. The molecule has 0 aliphatic carbocycles. The summed E-state index contributed by atoms with van der Waals surface area (Å²) in [6.07, 6.45) is 1.65. The van der Waals surface area contributed by atoms with E-state index in [1.807, 2.05) is 24.3 Å². The molecular weight excluding hydrogens is 318 g/mol. The molecule has 1 aromatic carbocycles. The van der Waals surface area contributed by atoms with Crippen molar-refractivity contribution >= 4 is 32.4 Å². The van der Waals surface area contributed by atoms with Gasteiger partial charge in [-0.3, -0.25) is 0 Å². The number of imidazole rings is 1. The van der Waals surface area contributed by atoms with Crippen LogP contribution in [-0.4, -0.2) is 29.2 Å². The zero-order valence-corrected chi connectivity index (χ0v) is 13.4. The van der Waals surface area contributed by atoms with Gasteiger partial charge in [-0.25, -0.2) is 13.4 Å². The molecule has 1 aliphatic rings. The molecule has 2 aromatic heterocycles. The second kappa shape index (κ2) is 5.19. The van der Waals surface area contributed by atoms with Crippen LogP contribution in [0.5, 0.6) is 0 Å². The Morgan fingerprint density at radius 2 is 2.09 bits per heavy atom. The van der Waals surface area contributed by atoms with Gasteiger partial charge in [-0.15, -0.1) is 11.3 Å². The number of H-pyrrole nitrogens is 1. The second-order valence-corrected chi connectivity index (χ2v) is 8.41. The highest BCUT2D eigenvalue weighted by molar-refractivity contribution is 7.91. The van der Waals surface area contributed by atoms with Crippen molar-refractivity contribution in [2.24, 2.45) is 0 Å². The average molecular weight is 333 g/mol. The fraction of sp³-hybridized carbons (Fsp3) is 0.267. The molecule has 7 heteroatoms. The Bertz CT molecular complexity index is 867. The summed E-state index contributed by atoms with van der Waals surface area (Å²) in [4.78, 5) is 7.85. The lowest BCUT2D eigenvalue weighted by Crippen LogP contribution is -2.30. The van der Waals surface area contributed by atoms with E-state index in [2.05, 4.69) is 9.97 Å². The minimum absolute atomic E-state index is 0.209. The van der Waals surface area contributed by atoms with Crippen LogP contribution in [0.15, 0.2) is 46.0 Å². The molecule has 0 amide bonds. The molecule has 3 aromatic rings. The quantitative estimate of drug-likeness (QED) is 0.801. The molecule has 1 saturated heterocycles. The summed E-state index contributed by atoms with van der Waals surface area (Å²) in [6, 6.07) is 11.0. The molecule has 1 fully saturated rings. The van der Waals surface area contributed by atoms with E-state index in [9.17, 15) is 8.42 Å². The summed E-state index contributed by atoms with van der Waals surface area (Å²) in [5.74, 6) is 0.735. The molecule has 22 heavy (non-hydrogen) atoms. The van der Waals surface area contributed by atoms with Crippen LogP contribution in [0.4, 0.5) is 0 Å². The first-order valence-electron chi connectivity index (χ1n) is 7.16. The third-order valence-electron chi connectivity index (χ3n) is 3.99. The van der Waals surface area contributed by atoms with Crippen molar-refractivity contribution in [1.29, 1.82) is 0 Å². The average Bonchev–Trinajstić information content (AvgIpc) is 3.25. The molecule has 0 bridgehead atoms. The van der Waals surface area contributed by atoms with Gasteiger partial charge in [-0.05, 0) is 36.4 Å². The van der Waals surface area contributed by atoms with E-state index < -0.39 is 10.0 Å². The number of sulfonamides is 1. The molecular formula is C15H15N3O2S2. The minimum Gasteiger partial charge on any atom is -0.341 e. The van der Waals surface area contributed by atoms with Gasteiger partial charge in [-0.2, -0.15) is 4.31 Å². The third-order valence-corrected chi connectivity index (χ3v) is 7.27. The summed E-state index contributed by atoms with van der Waals surface area (Å²) >= 11 is 1.26. The monoisotopic (exact) mass is 333 g/mol. The maximum atomic E-state index is 12.8. The molecule has 5 nitrogen and oxygen atoms in total. The number of para-hydroxylation sites is 2. The Balaban J connectivity index is 1.75. The maximum Gasteiger partial charge on any atom is 0.253 e. The van der Waals surface area contributed by atoms with E-state index in [0.29, 0.717) is 10.8 Å². The largest absolute Gasteiger partial charge is 0.341 e. The van der Waals surface area contributed by atoms with Crippen molar-refractivity contribution in [2.75, 3.05) is 6.54 Å². The number of fused-ring (bicyclic) bond motifs is 1. The minimum atomic E-state index is -3.44. The van der Waals surface area contributed by atoms with Gasteiger partial charge in [-0.1, -0.05) is 18.2 Å². The van der Waals surface area contributed by atoms with E-state index in [4.69, 9.17) is 0 Å². The molecule has 0 saturated carbocycles. The first kappa shape index (κ1) is 13.9. The van der Waals surface area contributed by atoms with E-state index >= 15 is 0 Å². The summed E-state index contributed by atoms with van der Waals surface area (Å²) < 4.78 is 27.6. The van der Waals surface area contributed by atoms with Crippen molar-refractivity contribution in [3.63, 3.8) is 0 Å². The molecule has 1 atom stereocenters. The first-order valence-corrected chi connectivity index (χ1v) is 9.48. The van der Waals surface area contributed by atoms with Crippen LogP contribution in [-0.2, 0) is 10.0 Å². The Kier molecular flexibility index (Phi) is 3.28. The number of aromatic nitrogens is 2. The Labute approximate surface area is 132 Å². The van der Waals surface area contributed by atoms with Crippen molar-refractivity contribution in [3.05, 3.63) is 47.6 Å². The Morgan fingerprint density at radius 1 is 1.23 bits per heavy atom. The van der Waals surface area contributed by atoms with Gasteiger partial charge >= 0.3 is 0 Å². The molecule has 1 aliphatic heterocycles. The van der Waals surface area contributed by atoms with Gasteiger partial charge < -0.3 is 4.98 Å². The molecule has 114 valence electrons. The van der Waals surface area contributed by atoms with Crippen LogP contribution in [0.25, 0.3) is 11.0 Å².